The van der Waals surface area contributed by atoms with E-state index in [0.717, 1.165) is 38.0 Å². The van der Waals surface area contributed by atoms with Crippen LogP contribution in [0.5, 0.6) is 0 Å². The largest absolute Gasteiger partial charge is 0.376 e. The Morgan fingerprint density at radius 1 is 1.43 bits per heavy atom. The third-order valence-corrected chi connectivity index (χ3v) is 4.62. The van der Waals surface area contributed by atoms with Crippen LogP contribution < -0.4 is 5.32 Å². The highest BCUT2D eigenvalue weighted by Gasteiger charge is 2.24. The molecule has 23 heavy (non-hydrogen) atoms. The number of carbonyl (C=O) groups is 2. The van der Waals surface area contributed by atoms with E-state index in [1.807, 2.05) is 36.1 Å². The molecule has 2 aliphatic heterocycles. The molecule has 5 nitrogen and oxygen atoms in total. The van der Waals surface area contributed by atoms with Crippen molar-refractivity contribution in [1.29, 1.82) is 0 Å². The van der Waals surface area contributed by atoms with Gasteiger partial charge in [0.05, 0.1) is 12.1 Å². The molecule has 2 atom stereocenters. The van der Waals surface area contributed by atoms with Gasteiger partial charge in [-0.3, -0.25) is 9.59 Å². The summed E-state index contributed by atoms with van der Waals surface area (Å²) in [5.74, 6) is 0.120. The summed E-state index contributed by atoms with van der Waals surface area (Å²) in [5.41, 5.74) is 1.64. The monoisotopic (exact) mass is 316 g/mol. The minimum absolute atomic E-state index is 0.00816. The number of amides is 2. The number of nitrogens with zero attached hydrogens (tertiary/aromatic N) is 1. The molecule has 124 valence electrons. The number of hydrogen-bond donors (Lipinski definition) is 1. The molecule has 3 rings (SSSR count). The first kappa shape index (κ1) is 16.0. The molecule has 2 fully saturated rings. The highest BCUT2D eigenvalue weighted by atomic mass is 16.5. The molecular weight excluding hydrogens is 292 g/mol. The van der Waals surface area contributed by atoms with Gasteiger partial charge in [-0.05, 0) is 43.9 Å². The maximum atomic E-state index is 12.4. The summed E-state index contributed by atoms with van der Waals surface area (Å²) in [6.45, 7) is 4.16. The molecule has 0 bridgehead atoms. The number of nitrogens with one attached hydrogen (secondary N) is 1. The lowest BCUT2D eigenvalue weighted by atomic mass is 10.1. The molecule has 0 saturated carbocycles. The van der Waals surface area contributed by atoms with Crippen molar-refractivity contribution in [2.24, 2.45) is 0 Å². The number of ether oxygens (including phenoxy) is 1. The van der Waals surface area contributed by atoms with Gasteiger partial charge in [0.15, 0.2) is 0 Å². The molecule has 5 heteroatoms. The maximum absolute atomic E-state index is 12.4. The minimum atomic E-state index is -0.0809. The van der Waals surface area contributed by atoms with Crippen molar-refractivity contribution in [3.63, 3.8) is 0 Å². The summed E-state index contributed by atoms with van der Waals surface area (Å²) >= 11 is 0. The summed E-state index contributed by atoms with van der Waals surface area (Å²) in [6.07, 6.45) is 3.74. The highest BCUT2D eigenvalue weighted by Crippen LogP contribution is 2.17. The molecule has 0 aromatic heterocycles. The molecule has 1 aromatic rings. The van der Waals surface area contributed by atoms with Crippen LogP contribution in [0.3, 0.4) is 0 Å². The Labute approximate surface area is 137 Å². The van der Waals surface area contributed by atoms with E-state index in [9.17, 15) is 9.59 Å². The second kappa shape index (κ2) is 7.13. The van der Waals surface area contributed by atoms with Crippen LogP contribution in [0.25, 0.3) is 0 Å². The molecule has 2 aliphatic rings. The van der Waals surface area contributed by atoms with Crippen molar-refractivity contribution < 1.29 is 14.3 Å². The smallest absolute Gasteiger partial charge is 0.251 e. The van der Waals surface area contributed by atoms with Gasteiger partial charge in [0, 0.05) is 31.7 Å². The van der Waals surface area contributed by atoms with Gasteiger partial charge in [0.25, 0.3) is 5.91 Å². The van der Waals surface area contributed by atoms with E-state index < -0.39 is 0 Å². The predicted molar refractivity (Wildman–Crippen MR) is 87.0 cm³/mol. The molecule has 2 amide bonds. The van der Waals surface area contributed by atoms with Crippen LogP contribution in [0.1, 0.15) is 48.5 Å². The Hall–Kier alpha value is -1.88. The Balaban J connectivity index is 1.61. The quantitative estimate of drug-likeness (QED) is 0.905. The normalized spacial score (nSPS) is 22.4. The van der Waals surface area contributed by atoms with E-state index >= 15 is 0 Å². The second-order valence-corrected chi connectivity index (χ2v) is 6.43. The van der Waals surface area contributed by atoms with Crippen LogP contribution in [0.2, 0.25) is 0 Å². The third-order valence-electron chi connectivity index (χ3n) is 4.62. The van der Waals surface area contributed by atoms with Crippen molar-refractivity contribution in [3.8, 4) is 0 Å². The van der Waals surface area contributed by atoms with Crippen LogP contribution >= 0.6 is 0 Å². The molecule has 0 aliphatic carbocycles. The first-order chi connectivity index (χ1) is 11.1. The van der Waals surface area contributed by atoms with E-state index in [1.54, 1.807) is 0 Å². The summed E-state index contributed by atoms with van der Waals surface area (Å²) in [5, 5.41) is 3.02. The van der Waals surface area contributed by atoms with E-state index in [4.69, 9.17) is 4.74 Å². The number of benzene rings is 1. The Morgan fingerprint density at radius 3 is 3.00 bits per heavy atom. The average molecular weight is 316 g/mol. The van der Waals surface area contributed by atoms with Gasteiger partial charge < -0.3 is 15.0 Å². The zero-order valence-electron chi connectivity index (χ0n) is 13.6. The Morgan fingerprint density at radius 2 is 2.30 bits per heavy atom. The maximum Gasteiger partial charge on any atom is 0.251 e. The zero-order valence-corrected chi connectivity index (χ0v) is 13.6. The predicted octanol–water partition coefficient (Wildman–Crippen LogP) is 2.11. The van der Waals surface area contributed by atoms with Crippen molar-refractivity contribution >= 4 is 11.8 Å². The molecule has 2 unspecified atom stereocenters. The van der Waals surface area contributed by atoms with Gasteiger partial charge in [-0.2, -0.15) is 0 Å². The summed E-state index contributed by atoms with van der Waals surface area (Å²) in [6, 6.07) is 7.54. The number of rotatable bonds is 5. The van der Waals surface area contributed by atoms with Crippen LogP contribution in [-0.4, -0.2) is 42.0 Å². The Bertz CT molecular complexity index is 581. The number of carbonyl (C=O) groups excluding carboxylic acids is 2. The van der Waals surface area contributed by atoms with Gasteiger partial charge in [0.1, 0.15) is 0 Å². The average Bonchev–Trinajstić information content (AvgIpc) is 3.20. The highest BCUT2D eigenvalue weighted by molar-refractivity contribution is 5.94. The lowest BCUT2D eigenvalue weighted by Crippen LogP contribution is -2.40. The van der Waals surface area contributed by atoms with Crippen LogP contribution in [0.15, 0.2) is 24.3 Å². The summed E-state index contributed by atoms with van der Waals surface area (Å²) in [7, 11) is 0. The van der Waals surface area contributed by atoms with Gasteiger partial charge in [0.2, 0.25) is 5.91 Å². The van der Waals surface area contributed by atoms with E-state index in [-0.39, 0.29) is 24.0 Å². The fourth-order valence-corrected chi connectivity index (χ4v) is 3.28. The molecule has 1 N–H and O–H groups in total. The number of likely N-dealkylation sites (tertiary alicyclic amines) is 1. The first-order valence-corrected chi connectivity index (χ1v) is 8.42. The van der Waals surface area contributed by atoms with Crippen LogP contribution in [0, 0.1) is 0 Å². The van der Waals surface area contributed by atoms with Gasteiger partial charge in [-0.1, -0.05) is 12.1 Å². The molecule has 0 radical (unpaired) electrons. The van der Waals surface area contributed by atoms with Crippen LogP contribution in [0.4, 0.5) is 0 Å². The van der Waals surface area contributed by atoms with E-state index in [1.165, 1.54) is 0 Å². The van der Waals surface area contributed by atoms with Crippen LogP contribution in [-0.2, 0) is 16.1 Å². The topological polar surface area (TPSA) is 58.6 Å². The van der Waals surface area contributed by atoms with Crippen molar-refractivity contribution in [1.82, 2.24) is 10.2 Å². The summed E-state index contributed by atoms with van der Waals surface area (Å²) < 4.78 is 5.62. The van der Waals surface area contributed by atoms with E-state index in [2.05, 4.69) is 5.32 Å². The minimum Gasteiger partial charge on any atom is -0.376 e. The van der Waals surface area contributed by atoms with Gasteiger partial charge >= 0.3 is 0 Å². The summed E-state index contributed by atoms with van der Waals surface area (Å²) in [4.78, 5) is 26.0. The second-order valence-electron chi connectivity index (χ2n) is 6.43. The van der Waals surface area contributed by atoms with Crippen molar-refractivity contribution in [2.45, 2.75) is 51.3 Å². The molecule has 0 spiro atoms. The third kappa shape index (κ3) is 3.91. The SMILES string of the molecule is CC(NC(=O)c1cccc(CN2CCCC2=O)c1)C1CCCO1. The van der Waals surface area contributed by atoms with Crippen molar-refractivity contribution in [2.75, 3.05) is 13.2 Å². The molecular formula is C18H24N2O3. The van der Waals surface area contributed by atoms with E-state index in [0.29, 0.717) is 18.5 Å². The fourth-order valence-electron chi connectivity index (χ4n) is 3.28. The van der Waals surface area contributed by atoms with Gasteiger partial charge in [-0.25, -0.2) is 0 Å². The fraction of sp³-hybridized carbons (Fsp3) is 0.556. The lowest BCUT2D eigenvalue weighted by Gasteiger charge is -2.20. The molecule has 2 heterocycles. The zero-order chi connectivity index (χ0) is 16.2. The molecule has 2 saturated heterocycles. The standard InChI is InChI=1S/C18H24N2O3/c1-13(16-7-4-10-23-16)19-18(22)15-6-2-5-14(11-15)12-20-9-3-8-17(20)21/h2,5-6,11,13,16H,3-4,7-10,12H2,1H3,(H,19,22). The van der Waals surface area contributed by atoms with Gasteiger partial charge in [-0.15, -0.1) is 0 Å². The number of hydrogen-bond acceptors (Lipinski definition) is 3. The first-order valence-electron chi connectivity index (χ1n) is 8.42. The molecule has 1 aromatic carbocycles. The Kier molecular flexibility index (Phi) is 4.96. The van der Waals surface area contributed by atoms with Crippen molar-refractivity contribution in [3.05, 3.63) is 35.4 Å². The lowest BCUT2D eigenvalue weighted by molar-refractivity contribution is -0.128.